The molecule has 0 nitrogen and oxygen atoms in total. The molecule has 94 valence electrons. The van der Waals surface area contributed by atoms with Crippen molar-refractivity contribution in [2.75, 3.05) is 0 Å². The van der Waals surface area contributed by atoms with Crippen LogP contribution in [-0.4, -0.2) is 0 Å². The number of benzene rings is 2. The van der Waals surface area contributed by atoms with Crippen molar-refractivity contribution in [1.29, 1.82) is 0 Å². The van der Waals surface area contributed by atoms with Crippen LogP contribution < -0.4 is 0 Å². The topological polar surface area (TPSA) is 0 Å². The van der Waals surface area contributed by atoms with Crippen molar-refractivity contribution in [2.45, 2.75) is 51.4 Å². The standard InChI is InChI=1S/C18H22/c1-2-16-17-11-7-6-10-15(17)12-13-18(16)14-8-4-3-5-9-14/h6-7,10-14H,2-5,8-9H2,1H3. The summed E-state index contributed by atoms with van der Waals surface area (Å²) in [7, 11) is 0. The first-order chi connectivity index (χ1) is 8.90. The lowest BCUT2D eigenvalue weighted by Gasteiger charge is -2.25. The lowest BCUT2D eigenvalue weighted by Crippen LogP contribution is -2.07. The van der Waals surface area contributed by atoms with Crippen LogP contribution in [0.25, 0.3) is 10.8 Å². The highest BCUT2D eigenvalue weighted by atomic mass is 14.2. The van der Waals surface area contributed by atoms with Gasteiger partial charge in [-0.2, -0.15) is 0 Å². The molecule has 0 heteroatoms. The first-order valence-corrected chi connectivity index (χ1v) is 7.40. The van der Waals surface area contributed by atoms with Crippen LogP contribution in [0.15, 0.2) is 36.4 Å². The predicted molar refractivity (Wildman–Crippen MR) is 79.2 cm³/mol. The van der Waals surface area contributed by atoms with Gasteiger partial charge in [0.05, 0.1) is 0 Å². The summed E-state index contributed by atoms with van der Waals surface area (Å²) in [6.45, 7) is 2.30. The molecule has 0 amide bonds. The third kappa shape index (κ3) is 2.05. The molecule has 1 saturated carbocycles. The maximum Gasteiger partial charge on any atom is -0.0149 e. The lowest BCUT2D eigenvalue weighted by molar-refractivity contribution is 0.442. The van der Waals surface area contributed by atoms with Gasteiger partial charge in [0.15, 0.2) is 0 Å². The minimum Gasteiger partial charge on any atom is -0.0616 e. The molecule has 1 fully saturated rings. The maximum atomic E-state index is 2.40. The second kappa shape index (κ2) is 5.14. The molecular weight excluding hydrogens is 216 g/mol. The molecule has 0 N–H and O–H groups in total. The van der Waals surface area contributed by atoms with E-state index < -0.39 is 0 Å². The lowest BCUT2D eigenvalue weighted by atomic mass is 9.80. The fourth-order valence-electron chi connectivity index (χ4n) is 3.54. The molecule has 0 saturated heterocycles. The Balaban J connectivity index is 2.10. The molecule has 0 atom stereocenters. The van der Waals surface area contributed by atoms with Crippen LogP contribution in [-0.2, 0) is 6.42 Å². The van der Waals surface area contributed by atoms with E-state index in [-0.39, 0.29) is 0 Å². The van der Waals surface area contributed by atoms with Crippen molar-refractivity contribution in [2.24, 2.45) is 0 Å². The third-order valence-electron chi connectivity index (χ3n) is 4.48. The zero-order valence-electron chi connectivity index (χ0n) is 11.3. The molecular formula is C18H22. The van der Waals surface area contributed by atoms with Gasteiger partial charge >= 0.3 is 0 Å². The van der Waals surface area contributed by atoms with Crippen molar-refractivity contribution < 1.29 is 0 Å². The molecule has 0 aromatic heterocycles. The Kier molecular flexibility index (Phi) is 3.36. The highest BCUT2D eigenvalue weighted by Crippen LogP contribution is 2.37. The van der Waals surface area contributed by atoms with E-state index in [0.717, 1.165) is 12.3 Å². The van der Waals surface area contributed by atoms with Gasteiger partial charge in [-0.25, -0.2) is 0 Å². The van der Waals surface area contributed by atoms with E-state index in [9.17, 15) is 0 Å². The number of rotatable bonds is 2. The van der Waals surface area contributed by atoms with Crippen LogP contribution in [0.3, 0.4) is 0 Å². The second-order valence-corrected chi connectivity index (χ2v) is 5.54. The van der Waals surface area contributed by atoms with E-state index in [1.165, 1.54) is 42.9 Å². The number of hydrogen-bond acceptors (Lipinski definition) is 0. The largest absolute Gasteiger partial charge is 0.0616 e. The number of hydrogen-bond donors (Lipinski definition) is 0. The van der Waals surface area contributed by atoms with Gasteiger partial charge < -0.3 is 0 Å². The molecule has 2 aromatic carbocycles. The van der Waals surface area contributed by atoms with Crippen LogP contribution in [0.1, 0.15) is 56.1 Å². The Hall–Kier alpha value is -1.30. The van der Waals surface area contributed by atoms with Crippen LogP contribution in [0.5, 0.6) is 0 Å². The van der Waals surface area contributed by atoms with Gasteiger partial charge in [0, 0.05) is 0 Å². The molecule has 0 bridgehead atoms. The quantitative estimate of drug-likeness (QED) is 0.652. The smallest absolute Gasteiger partial charge is 0.0149 e. The minimum absolute atomic E-state index is 0.818. The Morgan fingerprint density at radius 3 is 2.50 bits per heavy atom. The van der Waals surface area contributed by atoms with E-state index in [0.29, 0.717) is 0 Å². The Labute approximate surface area is 110 Å². The summed E-state index contributed by atoms with van der Waals surface area (Å²) in [6.07, 6.45) is 8.22. The first kappa shape index (κ1) is 11.8. The van der Waals surface area contributed by atoms with Gasteiger partial charge in [-0.3, -0.25) is 0 Å². The molecule has 3 rings (SSSR count). The average molecular weight is 238 g/mol. The van der Waals surface area contributed by atoms with Crippen LogP contribution in [0.2, 0.25) is 0 Å². The monoisotopic (exact) mass is 238 g/mol. The summed E-state index contributed by atoms with van der Waals surface area (Å²) < 4.78 is 0. The van der Waals surface area contributed by atoms with Crippen LogP contribution in [0.4, 0.5) is 0 Å². The van der Waals surface area contributed by atoms with Gasteiger partial charge in [0.25, 0.3) is 0 Å². The molecule has 0 radical (unpaired) electrons. The van der Waals surface area contributed by atoms with E-state index in [4.69, 9.17) is 0 Å². The van der Waals surface area contributed by atoms with Crippen molar-refractivity contribution in [3.8, 4) is 0 Å². The van der Waals surface area contributed by atoms with Gasteiger partial charge in [0.2, 0.25) is 0 Å². The number of fused-ring (bicyclic) bond motifs is 1. The van der Waals surface area contributed by atoms with Crippen LogP contribution >= 0.6 is 0 Å². The minimum atomic E-state index is 0.818. The van der Waals surface area contributed by atoms with Gasteiger partial charge in [-0.15, -0.1) is 0 Å². The normalized spacial score (nSPS) is 17.2. The first-order valence-electron chi connectivity index (χ1n) is 7.40. The van der Waals surface area contributed by atoms with Gasteiger partial charge in [-0.05, 0) is 47.1 Å². The van der Waals surface area contributed by atoms with Gasteiger partial charge in [-0.1, -0.05) is 62.6 Å². The second-order valence-electron chi connectivity index (χ2n) is 5.54. The zero-order valence-corrected chi connectivity index (χ0v) is 11.3. The summed E-state index contributed by atoms with van der Waals surface area (Å²) in [6, 6.07) is 13.6. The maximum absolute atomic E-state index is 2.40. The molecule has 1 aliphatic rings. The molecule has 0 spiro atoms. The van der Waals surface area contributed by atoms with Crippen molar-refractivity contribution in [3.63, 3.8) is 0 Å². The molecule has 1 aliphatic carbocycles. The summed E-state index contributed by atoms with van der Waals surface area (Å²) in [5, 5.41) is 2.87. The van der Waals surface area contributed by atoms with E-state index in [2.05, 4.69) is 43.3 Å². The SMILES string of the molecule is CCc1c(C2CCCCC2)ccc2ccccc12. The molecule has 0 aliphatic heterocycles. The van der Waals surface area contributed by atoms with Crippen LogP contribution in [0, 0.1) is 0 Å². The zero-order chi connectivity index (χ0) is 12.4. The molecule has 0 unspecified atom stereocenters. The van der Waals surface area contributed by atoms with Crippen molar-refractivity contribution >= 4 is 10.8 Å². The molecule has 2 aromatic rings. The molecule has 18 heavy (non-hydrogen) atoms. The summed E-state index contributed by atoms with van der Waals surface area (Å²) >= 11 is 0. The van der Waals surface area contributed by atoms with E-state index in [1.54, 1.807) is 11.1 Å². The van der Waals surface area contributed by atoms with E-state index in [1.807, 2.05) is 0 Å². The summed E-state index contributed by atoms with van der Waals surface area (Å²) in [4.78, 5) is 0. The fourth-order valence-corrected chi connectivity index (χ4v) is 3.54. The van der Waals surface area contributed by atoms with Crippen molar-refractivity contribution in [1.82, 2.24) is 0 Å². The molecule has 0 heterocycles. The van der Waals surface area contributed by atoms with Gasteiger partial charge in [0.1, 0.15) is 0 Å². The Bertz CT molecular complexity index is 533. The highest BCUT2D eigenvalue weighted by molar-refractivity contribution is 5.87. The van der Waals surface area contributed by atoms with E-state index >= 15 is 0 Å². The Morgan fingerprint density at radius 1 is 0.944 bits per heavy atom. The number of aryl methyl sites for hydroxylation is 1. The predicted octanol–water partition coefficient (Wildman–Crippen LogP) is 5.45. The summed E-state index contributed by atoms with van der Waals surface area (Å²) in [5.41, 5.74) is 3.23. The third-order valence-corrected chi connectivity index (χ3v) is 4.48. The average Bonchev–Trinajstić information content (AvgIpc) is 2.47. The Morgan fingerprint density at radius 2 is 1.72 bits per heavy atom. The van der Waals surface area contributed by atoms with Crippen molar-refractivity contribution in [3.05, 3.63) is 47.5 Å². The summed E-state index contributed by atoms with van der Waals surface area (Å²) in [5.74, 6) is 0.818. The highest BCUT2D eigenvalue weighted by Gasteiger charge is 2.18. The fraction of sp³-hybridized carbons (Fsp3) is 0.444.